The Hall–Kier alpha value is -1.14. The van der Waals surface area contributed by atoms with Crippen molar-refractivity contribution in [3.8, 4) is 5.75 Å². The van der Waals surface area contributed by atoms with Crippen LogP contribution >= 0.6 is 16.5 Å². The van der Waals surface area contributed by atoms with E-state index in [1.165, 1.54) is 0 Å². The molecule has 8 nitrogen and oxygen atoms in total. The third-order valence-electron chi connectivity index (χ3n) is 4.35. The van der Waals surface area contributed by atoms with Crippen molar-refractivity contribution >= 4 is 22.2 Å². The van der Waals surface area contributed by atoms with Crippen LogP contribution < -0.4 is 4.90 Å². The highest BCUT2D eigenvalue weighted by molar-refractivity contribution is 7.33. The minimum absolute atomic E-state index is 0.136. The minimum Gasteiger partial charge on any atom is -0.507 e. The van der Waals surface area contributed by atoms with Gasteiger partial charge >= 0.3 is 16.5 Å². The molecule has 0 saturated heterocycles. The van der Waals surface area contributed by atoms with E-state index >= 15 is 0 Å². The second kappa shape index (κ2) is 14.0. The normalized spacial score (nSPS) is 12.5. The van der Waals surface area contributed by atoms with Crippen LogP contribution in [0.2, 0.25) is 0 Å². The molecule has 0 fully saturated rings. The van der Waals surface area contributed by atoms with Crippen LogP contribution in [0, 0.1) is 0 Å². The molecule has 1 N–H and O–H groups in total. The van der Waals surface area contributed by atoms with Crippen molar-refractivity contribution in [3.63, 3.8) is 0 Å². The summed E-state index contributed by atoms with van der Waals surface area (Å²) in [6, 6.07) is 3.88. The average Bonchev–Trinajstić information content (AvgIpc) is 2.67. The SMILES string of the molecule is CCO[P+](=O)OCCN(CCO[P+](=O)OCC)c1cc(C(C)C)c(O)c(C(C)C)c1. The fourth-order valence-corrected chi connectivity index (χ4v) is 3.87. The highest BCUT2D eigenvalue weighted by Gasteiger charge is 2.23. The molecule has 0 spiro atoms. The highest BCUT2D eigenvalue weighted by atomic mass is 31.1. The lowest BCUT2D eigenvalue weighted by Gasteiger charge is -2.26. The molecule has 30 heavy (non-hydrogen) atoms. The maximum Gasteiger partial charge on any atom is 0.697 e. The molecule has 1 aromatic rings. The van der Waals surface area contributed by atoms with Gasteiger partial charge in [-0.05, 0) is 48.9 Å². The van der Waals surface area contributed by atoms with E-state index in [1.807, 2.05) is 44.7 Å². The Bertz CT molecular complexity index is 645. The number of rotatable bonds is 15. The number of phenolic OH excluding ortho intramolecular Hbond substituents is 1. The predicted molar refractivity (Wildman–Crippen MR) is 119 cm³/mol. The summed E-state index contributed by atoms with van der Waals surface area (Å²) in [6.07, 6.45) is 0. The van der Waals surface area contributed by atoms with Crippen molar-refractivity contribution in [1.82, 2.24) is 0 Å². The van der Waals surface area contributed by atoms with Crippen molar-refractivity contribution in [3.05, 3.63) is 23.3 Å². The molecule has 0 heterocycles. The lowest BCUT2D eigenvalue weighted by Crippen LogP contribution is -2.30. The zero-order valence-electron chi connectivity index (χ0n) is 18.8. The van der Waals surface area contributed by atoms with Gasteiger partial charge in [0.2, 0.25) is 0 Å². The van der Waals surface area contributed by atoms with Gasteiger partial charge < -0.3 is 10.0 Å². The van der Waals surface area contributed by atoms with E-state index in [9.17, 15) is 14.2 Å². The topological polar surface area (TPSA) is 94.5 Å². The van der Waals surface area contributed by atoms with Crippen LogP contribution in [-0.2, 0) is 27.2 Å². The Morgan fingerprint density at radius 3 is 1.57 bits per heavy atom. The number of benzene rings is 1. The van der Waals surface area contributed by atoms with Crippen LogP contribution in [0.4, 0.5) is 5.69 Å². The largest absolute Gasteiger partial charge is 0.697 e. The smallest absolute Gasteiger partial charge is 0.507 e. The Labute approximate surface area is 181 Å². The van der Waals surface area contributed by atoms with E-state index in [4.69, 9.17) is 18.1 Å². The minimum atomic E-state index is -2.16. The summed E-state index contributed by atoms with van der Waals surface area (Å²) in [6.45, 7) is 13.4. The van der Waals surface area contributed by atoms with Gasteiger partial charge in [-0.25, -0.2) is 0 Å². The third kappa shape index (κ3) is 8.93. The number of aromatic hydroxyl groups is 1. The number of nitrogens with zero attached hydrogens (tertiary/aromatic N) is 1. The molecule has 0 aromatic heterocycles. The molecular formula is C20H35NO7P2+2. The van der Waals surface area contributed by atoms with E-state index in [0.717, 1.165) is 16.8 Å². The molecule has 10 heteroatoms. The van der Waals surface area contributed by atoms with Crippen LogP contribution in [0.15, 0.2) is 12.1 Å². The molecule has 0 aliphatic rings. The average molecular weight is 463 g/mol. The number of hydrogen-bond donors (Lipinski definition) is 1. The summed E-state index contributed by atoms with van der Waals surface area (Å²) in [5, 5.41) is 10.7. The van der Waals surface area contributed by atoms with Gasteiger partial charge in [-0.1, -0.05) is 27.7 Å². The molecule has 0 aliphatic carbocycles. The van der Waals surface area contributed by atoms with Gasteiger partial charge in [0.15, 0.2) is 0 Å². The fourth-order valence-electron chi connectivity index (χ4n) is 2.83. The van der Waals surface area contributed by atoms with Gasteiger partial charge in [0.05, 0.1) is 0 Å². The number of phenols is 1. The molecule has 2 unspecified atom stereocenters. The Balaban J connectivity index is 3.06. The lowest BCUT2D eigenvalue weighted by atomic mass is 9.93. The molecule has 170 valence electrons. The fraction of sp³-hybridized carbons (Fsp3) is 0.700. The third-order valence-corrected chi connectivity index (χ3v) is 6.07. The summed E-state index contributed by atoms with van der Waals surface area (Å²) in [7, 11) is -4.32. The molecule has 2 atom stereocenters. The van der Waals surface area contributed by atoms with E-state index in [1.54, 1.807) is 13.8 Å². The molecule has 1 aromatic carbocycles. The van der Waals surface area contributed by atoms with Crippen molar-refractivity contribution < 1.29 is 32.3 Å². The highest BCUT2D eigenvalue weighted by Crippen LogP contribution is 2.37. The summed E-state index contributed by atoms with van der Waals surface area (Å²) < 4.78 is 43.7. The van der Waals surface area contributed by atoms with Gasteiger partial charge in [0.1, 0.15) is 32.2 Å². The molecular weight excluding hydrogens is 428 g/mol. The first-order valence-corrected chi connectivity index (χ1v) is 12.5. The molecule has 1 rings (SSSR count). The van der Waals surface area contributed by atoms with E-state index in [2.05, 4.69) is 0 Å². The van der Waals surface area contributed by atoms with Crippen LogP contribution in [0.3, 0.4) is 0 Å². The van der Waals surface area contributed by atoms with Crippen molar-refractivity contribution in [2.45, 2.75) is 53.4 Å². The molecule has 0 aliphatic heterocycles. The van der Waals surface area contributed by atoms with E-state index in [-0.39, 0.29) is 25.0 Å². The molecule has 0 saturated carbocycles. The molecule has 0 bridgehead atoms. The van der Waals surface area contributed by atoms with Gasteiger partial charge in [0, 0.05) is 27.9 Å². The lowest BCUT2D eigenvalue weighted by molar-refractivity contribution is 0.229. The Morgan fingerprint density at radius 1 is 0.833 bits per heavy atom. The number of anilines is 1. The van der Waals surface area contributed by atoms with Crippen molar-refractivity contribution in [1.29, 1.82) is 0 Å². The number of hydrogen-bond acceptors (Lipinski definition) is 8. The van der Waals surface area contributed by atoms with Crippen LogP contribution in [0.25, 0.3) is 0 Å². The predicted octanol–water partition coefficient (Wildman–Crippen LogP) is 5.87. The zero-order valence-corrected chi connectivity index (χ0v) is 20.6. The van der Waals surface area contributed by atoms with Gasteiger partial charge in [-0.15, -0.1) is 18.1 Å². The zero-order chi connectivity index (χ0) is 22.7. The molecule has 0 radical (unpaired) electrons. The first kappa shape index (κ1) is 26.9. The summed E-state index contributed by atoms with van der Waals surface area (Å²) >= 11 is 0. The second-order valence-corrected chi connectivity index (χ2v) is 9.15. The maximum absolute atomic E-state index is 11.6. The van der Waals surface area contributed by atoms with Gasteiger partial charge in [-0.2, -0.15) is 0 Å². The second-order valence-electron chi connectivity index (χ2n) is 7.22. The first-order chi connectivity index (χ1) is 14.2. The summed E-state index contributed by atoms with van der Waals surface area (Å²) in [5.41, 5.74) is 2.58. The van der Waals surface area contributed by atoms with E-state index < -0.39 is 16.5 Å². The molecule has 0 amide bonds. The Morgan fingerprint density at radius 2 is 1.23 bits per heavy atom. The monoisotopic (exact) mass is 463 g/mol. The van der Waals surface area contributed by atoms with Crippen molar-refractivity contribution in [2.75, 3.05) is 44.4 Å². The van der Waals surface area contributed by atoms with E-state index in [0.29, 0.717) is 32.1 Å². The maximum atomic E-state index is 11.6. The van der Waals surface area contributed by atoms with Crippen molar-refractivity contribution in [2.24, 2.45) is 0 Å². The van der Waals surface area contributed by atoms with Crippen LogP contribution in [0.1, 0.15) is 64.5 Å². The summed E-state index contributed by atoms with van der Waals surface area (Å²) in [5.74, 6) is 0.586. The van der Waals surface area contributed by atoms with Gasteiger partial charge in [-0.3, -0.25) is 0 Å². The standard InChI is InChI=1S/C20H34NO7P2/c1-7-25-29(23)27-11-9-21(10-12-28-30(24)26-8-2)17-13-18(15(3)4)20(22)19(14-17)16(5)6/h13-16H,7-12H2,1-6H3/q+1/p+1. The quantitative estimate of drug-likeness (QED) is 0.323. The first-order valence-electron chi connectivity index (χ1n) is 10.3. The summed E-state index contributed by atoms with van der Waals surface area (Å²) in [4.78, 5) is 1.99. The van der Waals surface area contributed by atoms with Gasteiger partial charge in [0.25, 0.3) is 0 Å². The van der Waals surface area contributed by atoms with Crippen LogP contribution in [0.5, 0.6) is 5.75 Å². The van der Waals surface area contributed by atoms with Crippen LogP contribution in [-0.4, -0.2) is 44.6 Å². The Kier molecular flexibility index (Phi) is 12.6.